The van der Waals surface area contributed by atoms with Gasteiger partial charge in [0.05, 0.1) is 6.04 Å². The maximum absolute atomic E-state index is 13.2. The van der Waals surface area contributed by atoms with Crippen molar-refractivity contribution in [1.82, 2.24) is 16.0 Å². The van der Waals surface area contributed by atoms with Gasteiger partial charge in [0, 0.05) is 12.8 Å². The standard InChI is InChI=1S/C28H37N5O7/c1-16(2)24(27(38)32-22(28(39)40)15-17-6-4-3-5-7-17)33-26(37)21(12-13-23(30)35)31-25(36)20(29)14-18-8-10-19(34)11-9-18/h3-11,16,20-22,24,34H,12-15,29H2,1-2H3,(H2,30,35)(H,31,36)(H,32,38)(H,33,37)(H,39,40). The van der Waals surface area contributed by atoms with E-state index in [4.69, 9.17) is 11.5 Å². The molecule has 0 fully saturated rings. The number of nitrogens with two attached hydrogens (primary N) is 2. The van der Waals surface area contributed by atoms with Crippen molar-refractivity contribution >= 4 is 29.6 Å². The van der Waals surface area contributed by atoms with Gasteiger partial charge in [0.25, 0.3) is 0 Å². The number of benzene rings is 2. The van der Waals surface area contributed by atoms with E-state index in [1.165, 1.54) is 12.1 Å². The zero-order valence-electron chi connectivity index (χ0n) is 22.5. The van der Waals surface area contributed by atoms with Crippen molar-refractivity contribution in [3.63, 3.8) is 0 Å². The number of phenols is 1. The Kier molecular flexibility index (Phi) is 12.1. The Morgan fingerprint density at radius 1 is 0.775 bits per heavy atom. The van der Waals surface area contributed by atoms with Gasteiger partial charge in [-0.05, 0) is 42.0 Å². The summed E-state index contributed by atoms with van der Waals surface area (Å²) in [5.74, 6) is -4.45. The third-order valence-corrected chi connectivity index (χ3v) is 6.19. The van der Waals surface area contributed by atoms with Crippen LogP contribution in [0.1, 0.15) is 37.8 Å². The van der Waals surface area contributed by atoms with Gasteiger partial charge in [0.1, 0.15) is 23.9 Å². The Hall–Kier alpha value is -4.45. The van der Waals surface area contributed by atoms with Crippen LogP contribution in [0, 0.1) is 5.92 Å². The normalized spacial score (nSPS) is 13.9. The molecule has 0 saturated heterocycles. The number of amides is 4. The molecule has 0 heterocycles. The second kappa shape index (κ2) is 15.2. The lowest BCUT2D eigenvalue weighted by Gasteiger charge is -2.27. The molecular weight excluding hydrogens is 518 g/mol. The Bertz CT molecular complexity index is 1170. The molecule has 0 aliphatic heterocycles. The minimum atomic E-state index is -1.24. The highest BCUT2D eigenvalue weighted by atomic mass is 16.4. The van der Waals surface area contributed by atoms with Crippen molar-refractivity contribution in [1.29, 1.82) is 0 Å². The van der Waals surface area contributed by atoms with Crippen molar-refractivity contribution in [3.05, 3.63) is 65.7 Å². The Labute approximate surface area is 232 Å². The fraction of sp³-hybridized carbons (Fsp3) is 0.393. The molecule has 0 spiro atoms. The predicted molar refractivity (Wildman–Crippen MR) is 147 cm³/mol. The smallest absolute Gasteiger partial charge is 0.326 e. The number of primary amides is 1. The fourth-order valence-corrected chi connectivity index (χ4v) is 3.91. The van der Waals surface area contributed by atoms with Crippen LogP contribution in [0.3, 0.4) is 0 Å². The van der Waals surface area contributed by atoms with Crippen molar-refractivity contribution < 1.29 is 34.2 Å². The highest BCUT2D eigenvalue weighted by molar-refractivity contribution is 5.94. The van der Waals surface area contributed by atoms with Crippen LogP contribution in [-0.2, 0) is 36.8 Å². The van der Waals surface area contributed by atoms with Crippen LogP contribution in [-0.4, -0.2) is 64.0 Å². The van der Waals surface area contributed by atoms with Crippen LogP contribution >= 0.6 is 0 Å². The Balaban J connectivity index is 2.11. The molecular formula is C28H37N5O7. The van der Waals surface area contributed by atoms with Gasteiger partial charge in [-0.3, -0.25) is 19.2 Å². The summed E-state index contributed by atoms with van der Waals surface area (Å²) in [6.07, 6.45) is -0.207. The van der Waals surface area contributed by atoms with Gasteiger partial charge in [-0.1, -0.05) is 56.3 Å². The van der Waals surface area contributed by atoms with Gasteiger partial charge in [-0.15, -0.1) is 0 Å². The van der Waals surface area contributed by atoms with E-state index < -0.39 is 59.7 Å². The molecule has 9 N–H and O–H groups in total. The molecule has 40 heavy (non-hydrogen) atoms. The number of rotatable bonds is 15. The van der Waals surface area contributed by atoms with Gasteiger partial charge in [0.2, 0.25) is 23.6 Å². The molecule has 12 heteroatoms. The van der Waals surface area contributed by atoms with E-state index in [1.54, 1.807) is 56.3 Å². The van der Waals surface area contributed by atoms with Crippen LogP contribution in [0.2, 0.25) is 0 Å². The molecule has 4 unspecified atom stereocenters. The summed E-state index contributed by atoms with van der Waals surface area (Å²) in [5.41, 5.74) is 12.6. The predicted octanol–water partition coefficient (Wildman–Crippen LogP) is -0.0348. The minimum Gasteiger partial charge on any atom is -0.508 e. The summed E-state index contributed by atoms with van der Waals surface area (Å²) in [6.45, 7) is 3.34. The van der Waals surface area contributed by atoms with Crippen molar-refractivity contribution in [2.75, 3.05) is 0 Å². The third kappa shape index (κ3) is 10.4. The molecule has 12 nitrogen and oxygen atoms in total. The summed E-state index contributed by atoms with van der Waals surface area (Å²) < 4.78 is 0. The van der Waals surface area contributed by atoms with Crippen molar-refractivity contribution in [2.24, 2.45) is 17.4 Å². The number of hydrogen-bond acceptors (Lipinski definition) is 7. The number of carboxylic acid groups (broad SMARTS) is 1. The molecule has 0 saturated carbocycles. The molecule has 2 rings (SSSR count). The molecule has 4 atom stereocenters. The third-order valence-electron chi connectivity index (χ3n) is 6.19. The molecule has 0 radical (unpaired) electrons. The SMILES string of the molecule is CC(C)C(NC(=O)C(CCC(N)=O)NC(=O)C(N)Cc1ccc(O)cc1)C(=O)NC(Cc1ccccc1)C(=O)O. The van der Waals surface area contributed by atoms with Crippen molar-refractivity contribution in [3.8, 4) is 5.75 Å². The zero-order valence-corrected chi connectivity index (χ0v) is 22.5. The maximum Gasteiger partial charge on any atom is 0.326 e. The van der Waals surface area contributed by atoms with Crippen molar-refractivity contribution in [2.45, 2.75) is 63.7 Å². The molecule has 2 aromatic rings. The van der Waals surface area contributed by atoms with Crippen LogP contribution in [0.15, 0.2) is 54.6 Å². The first-order valence-corrected chi connectivity index (χ1v) is 12.9. The molecule has 0 aliphatic carbocycles. The molecule has 0 bridgehead atoms. The van der Waals surface area contributed by atoms with Gasteiger partial charge in [-0.25, -0.2) is 4.79 Å². The lowest BCUT2D eigenvalue weighted by atomic mass is 10.00. The van der Waals surface area contributed by atoms with Gasteiger partial charge < -0.3 is 37.6 Å². The number of nitrogens with one attached hydrogen (secondary N) is 3. The molecule has 0 aliphatic rings. The van der Waals surface area contributed by atoms with E-state index >= 15 is 0 Å². The topological polar surface area (TPSA) is 214 Å². The summed E-state index contributed by atoms with van der Waals surface area (Å²) in [7, 11) is 0. The van der Waals surface area contributed by atoms with Crippen LogP contribution in [0.4, 0.5) is 0 Å². The monoisotopic (exact) mass is 555 g/mol. The van der Waals surface area contributed by atoms with Crippen LogP contribution in [0.25, 0.3) is 0 Å². The number of phenolic OH excluding ortho intramolecular Hbond substituents is 1. The number of carbonyl (C=O) groups excluding carboxylic acids is 4. The summed E-state index contributed by atoms with van der Waals surface area (Å²) in [5, 5.41) is 26.6. The fourth-order valence-electron chi connectivity index (χ4n) is 3.91. The number of carbonyl (C=O) groups is 5. The summed E-state index contributed by atoms with van der Waals surface area (Å²) >= 11 is 0. The van der Waals surface area contributed by atoms with E-state index in [0.717, 1.165) is 0 Å². The lowest BCUT2D eigenvalue weighted by Crippen LogP contribution is -2.58. The van der Waals surface area contributed by atoms with Crippen LogP contribution < -0.4 is 27.4 Å². The van der Waals surface area contributed by atoms with E-state index in [0.29, 0.717) is 11.1 Å². The summed E-state index contributed by atoms with van der Waals surface area (Å²) in [4.78, 5) is 62.3. The number of carboxylic acids is 1. The first kappa shape index (κ1) is 31.8. The largest absolute Gasteiger partial charge is 0.508 e. The van der Waals surface area contributed by atoms with Gasteiger partial charge >= 0.3 is 5.97 Å². The maximum atomic E-state index is 13.2. The molecule has 0 aromatic heterocycles. The Morgan fingerprint density at radius 2 is 1.35 bits per heavy atom. The highest BCUT2D eigenvalue weighted by Crippen LogP contribution is 2.12. The molecule has 4 amide bonds. The average Bonchev–Trinajstić information content (AvgIpc) is 2.90. The second-order valence-corrected chi connectivity index (χ2v) is 9.86. The first-order chi connectivity index (χ1) is 18.9. The van der Waals surface area contributed by atoms with Gasteiger partial charge in [0.15, 0.2) is 0 Å². The lowest BCUT2D eigenvalue weighted by molar-refractivity contribution is -0.142. The average molecular weight is 556 g/mol. The quantitative estimate of drug-likeness (QED) is 0.158. The second-order valence-electron chi connectivity index (χ2n) is 9.86. The first-order valence-electron chi connectivity index (χ1n) is 12.9. The molecule has 216 valence electrons. The van der Waals surface area contributed by atoms with E-state index in [9.17, 15) is 34.2 Å². The number of aliphatic carboxylic acids is 1. The Morgan fingerprint density at radius 3 is 1.90 bits per heavy atom. The van der Waals surface area contributed by atoms with E-state index in [2.05, 4.69) is 16.0 Å². The highest BCUT2D eigenvalue weighted by Gasteiger charge is 2.32. The zero-order chi connectivity index (χ0) is 29.8. The van der Waals surface area contributed by atoms with E-state index in [1.807, 2.05) is 0 Å². The van der Waals surface area contributed by atoms with E-state index in [-0.39, 0.29) is 31.4 Å². The summed E-state index contributed by atoms with van der Waals surface area (Å²) in [6, 6.07) is 10.2. The number of aromatic hydroxyl groups is 1. The van der Waals surface area contributed by atoms with Crippen LogP contribution in [0.5, 0.6) is 5.75 Å². The minimum absolute atomic E-state index is 0.0386. The van der Waals surface area contributed by atoms with Gasteiger partial charge in [-0.2, -0.15) is 0 Å². The number of hydrogen-bond donors (Lipinski definition) is 7. The molecule has 2 aromatic carbocycles.